The van der Waals surface area contributed by atoms with Gasteiger partial charge < -0.3 is 14.8 Å². The van der Waals surface area contributed by atoms with Gasteiger partial charge in [0, 0.05) is 5.56 Å². The Labute approximate surface area is 172 Å². The molecule has 1 atom stereocenters. The highest BCUT2D eigenvalue weighted by Gasteiger charge is 2.18. The molecular formula is C25H27NO3. The average molecular weight is 389 g/mol. The molecule has 150 valence electrons. The maximum Gasteiger partial charge on any atom is 0.251 e. The Bertz CT molecular complexity index is 910. The van der Waals surface area contributed by atoms with Gasteiger partial charge in [-0.1, -0.05) is 54.6 Å². The SMILES string of the molecule is CCOc1ccc([C@@H](Cc2ccccc2)NC(=O)c2ccccc2)cc1OCC. The summed E-state index contributed by atoms with van der Waals surface area (Å²) in [5.41, 5.74) is 2.77. The van der Waals surface area contributed by atoms with E-state index in [0.29, 0.717) is 36.7 Å². The minimum atomic E-state index is -0.194. The molecule has 4 heteroatoms. The van der Waals surface area contributed by atoms with Crippen molar-refractivity contribution in [3.05, 3.63) is 95.6 Å². The molecule has 3 rings (SSSR count). The monoisotopic (exact) mass is 389 g/mol. The molecule has 0 fully saturated rings. The van der Waals surface area contributed by atoms with Crippen LogP contribution in [0.4, 0.5) is 0 Å². The predicted octanol–water partition coefficient (Wildman–Crippen LogP) is 5.20. The third kappa shape index (κ3) is 5.61. The van der Waals surface area contributed by atoms with Crippen LogP contribution in [0.3, 0.4) is 0 Å². The molecule has 0 saturated carbocycles. The number of hydrogen-bond donors (Lipinski definition) is 1. The van der Waals surface area contributed by atoms with Gasteiger partial charge in [-0.15, -0.1) is 0 Å². The molecule has 1 amide bonds. The Balaban J connectivity index is 1.91. The van der Waals surface area contributed by atoms with E-state index in [2.05, 4.69) is 17.4 Å². The predicted molar refractivity (Wildman–Crippen MR) is 116 cm³/mol. The van der Waals surface area contributed by atoms with Gasteiger partial charge in [0.15, 0.2) is 11.5 Å². The second kappa shape index (κ2) is 10.3. The molecule has 0 aliphatic carbocycles. The molecule has 0 unspecified atom stereocenters. The van der Waals surface area contributed by atoms with E-state index in [4.69, 9.17) is 9.47 Å². The number of nitrogens with one attached hydrogen (secondary N) is 1. The van der Waals surface area contributed by atoms with E-state index >= 15 is 0 Å². The second-order valence-electron chi connectivity index (χ2n) is 6.65. The van der Waals surface area contributed by atoms with Crippen molar-refractivity contribution in [2.45, 2.75) is 26.3 Å². The van der Waals surface area contributed by atoms with Crippen molar-refractivity contribution in [2.24, 2.45) is 0 Å². The number of hydrogen-bond acceptors (Lipinski definition) is 3. The normalized spacial score (nSPS) is 11.5. The van der Waals surface area contributed by atoms with Crippen LogP contribution in [0.15, 0.2) is 78.9 Å². The minimum absolute atomic E-state index is 0.0987. The van der Waals surface area contributed by atoms with E-state index in [-0.39, 0.29) is 11.9 Å². The first-order valence-electron chi connectivity index (χ1n) is 10.0. The maximum absolute atomic E-state index is 12.8. The van der Waals surface area contributed by atoms with Crippen LogP contribution in [0, 0.1) is 0 Å². The van der Waals surface area contributed by atoms with E-state index in [1.54, 1.807) is 0 Å². The molecule has 3 aromatic carbocycles. The standard InChI is InChI=1S/C25H27NO3/c1-3-28-23-16-15-21(18-24(23)29-4-2)22(17-19-11-7-5-8-12-19)26-25(27)20-13-9-6-10-14-20/h5-16,18,22H,3-4,17H2,1-2H3,(H,26,27)/t22-/m1/s1. The van der Waals surface area contributed by atoms with Gasteiger partial charge in [0.1, 0.15) is 0 Å². The Hall–Kier alpha value is -3.27. The third-order valence-electron chi connectivity index (χ3n) is 4.59. The van der Waals surface area contributed by atoms with Gasteiger partial charge in [0.05, 0.1) is 19.3 Å². The lowest BCUT2D eigenvalue weighted by Crippen LogP contribution is -2.30. The molecular weight excluding hydrogens is 362 g/mol. The fourth-order valence-corrected chi connectivity index (χ4v) is 3.22. The Morgan fingerprint density at radius 2 is 1.45 bits per heavy atom. The van der Waals surface area contributed by atoms with Crippen LogP contribution in [0.5, 0.6) is 11.5 Å². The summed E-state index contributed by atoms with van der Waals surface area (Å²) in [6.45, 7) is 5.00. The lowest BCUT2D eigenvalue weighted by atomic mass is 9.98. The van der Waals surface area contributed by atoms with Crippen LogP contribution in [0.2, 0.25) is 0 Å². The van der Waals surface area contributed by atoms with E-state index in [9.17, 15) is 4.79 Å². The smallest absolute Gasteiger partial charge is 0.251 e. The topological polar surface area (TPSA) is 47.6 Å². The zero-order valence-corrected chi connectivity index (χ0v) is 16.9. The van der Waals surface area contributed by atoms with Gasteiger partial charge in [0.25, 0.3) is 5.91 Å². The van der Waals surface area contributed by atoms with Crippen LogP contribution in [0.25, 0.3) is 0 Å². The van der Waals surface area contributed by atoms with E-state index < -0.39 is 0 Å². The minimum Gasteiger partial charge on any atom is -0.490 e. The summed E-state index contributed by atoms with van der Waals surface area (Å²) in [7, 11) is 0. The van der Waals surface area contributed by atoms with Crippen molar-refractivity contribution in [1.82, 2.24) is 5.32 Å². The Morgan fingerprint density at radius 3 is 2.10 bits per heavy atom. The van der Waals surface area contributed by atoms with Crippen LogP contribution in [-0.2, 0) is 6.42 Å². The summed E-state index contributed by atoms with van der Waals surface area (Å²) in [6.07, 6.45) is 0.680. The number of ether oxygens (including phenoxy) is 2. The van der Waals surface area contributed by atoms with Crippen molar-refractivity contribution >= 4 is 5.91 Å². The van der Waals surface area contributed by atoms with Crippen LogP contribution in [-0.4, -0.2) is 19.1 Å². The van der Waals surface area contributed by atoms with Gasteiger partial charge in [-0.2, -0.15) is 0 Å². The molecule has 0 saturated heterocycles. The lowest BCUT2D eigenvalue weighted by Gasteiger charge is -2.21. The summed E-state index contributed by atoms with van der Waals surface area (Å²) in [4.78, 5) is 12.8. The molecule has 0 aliphatic rings. The highest BCUT2D eigenvalue weighted by Crippen LogP contribution is 2.32. The number of rotatable bonds is 9. The number of carbonyl (C=O) groups is 1. The average Bonchev–Trinajstić information content (AvgIpc) is 2.76. The first kappa shape index (κ1) is 20.5. The zero-order chi connectivity index (χ0) is 20.5. The van der Waals surface area contributed by atoms with Crippen molar-refractivity contribution in [2.75, 3.05) is 13.2 Å². The van der Waals surface area contributed by atoms with Gasteiger partial charge in [-0.3, -0.25) is 4.79 Å². The van der Waals surface area contributed by atoms with Gasteiger partial charge in [-0.25, -0.2) is 0 Å². The third-order valence-corrected chi connectivity index (χ3v) is 4.59. The zero-order valence-electron chi connectivity index (χ0n) is 16.9. The summed E-state index contributed by atoms with van der Waals surface area (Å²) >= 11 is 0. The number of benzene rings is 3. The molecule has 0 aromatic heterocycles. The van der Waals surface area contributed by atoms with E-state index in [0.717, 1.165) is 11.1 Å². The molecule has 4 nitrogen and oxygen atoms in total. The molecule has 3 aromatic rings. The highest BCUT2D eigenvalue weighted by atomic mass is 16.5. The number of carbonyl (C=O) groups excluding carboxylic acids is 1. The van der Waals surface area contributed by atoms with Gasteiger partial charge in [-0.05, 0) is 55.7 Å². The molecule has 0 heterocycles. The molecule has 0 radical (unpaired) electrons. The fourth-order valence-electron chi connectivity index (χ4n) is 3.22. The molecule has 0 spiro atoms. The fraction of sp³-hybridized carbons (Fsp3) is 0.240. The first-order valence-corrected chi connectivity index (χ1v) is 10.0. The van der Waals surface area contributed by atoms with Crippen molar-refractivity contribution in [3.63, 3.8) is 0 Å². The highest BCUT2D eigenvalue weighted by molar-refractivity contribution is 5.94. The number of amides is 1. The maximum atomic E-state index is 12.8. The summed E-state index contributed by atoms with van der Waals surface area (Å²) < 4.78 is 11.5. The molecule has 0 aliphatic heterocycles. The second-order valence-corrected chi connectivity index (χ2v) is 6.65. The molecule has 29 heavy (non-hydrogen) atoms. The Morgan fingerprint density at radius 1 is 0.828 bits per heavy atom. The summed E-state index contributed by atoms with van der Waals surface area (Å²) in [5.74, 6) is 1.31. The van der Waals surface area contributed by atoms with Crippen LogP contribution >= 0.6 is 0 Å². The van der Waals surface area contributed by atoms with Crippen molar-refractivity contribution in [1.29, 1.82) is 0 Å². The largest absolute Gasteiger partial charge is 0.490 e. The summed E-state index contributed by atoms with van der Waals surface area (Å²) in [6, 6.07) is 25.1. The first-order chi connectivity index (χ1) is 14.2. The quantitative estimate of drug-likeness (QED) is 0.547. The van der Waals surface area contributed by atoms with Crippen LogP contribution < -0.4 is 14.8 Å². The molecule has 1 N–H and O–H groups in total. The Kier molecular flexibility index (Phi) is 7.28. The lowest BCUT2D eigenvalue weighted by molar-refractivity contribution is 0.0936. The van der Waals surface area contributed by atoms with Crippen molar-refractivity contribution < 1.29 is 14.3 Å². The van der Waals surface area contributed by atoms with Gasteiger partial charge in [0.2, 0.25) is 0 Å². The van der Waals surface area contributed by atoms with E-state index in [1.165, 1.54) is 0 Å². The van der Waals surface area contributed by atoms with Crippen LogP contribution in [0.1, 0.15) is 41.4 Å². The summed E-state index contributed by atoms with van der Waals surface area (Å²) in [5, 5.41) is 3.18. The van der Waals surface area contributed by atoms with Crippen molar-refractivity contribution in [3.8, 4) is 11.5 Å². The molecule has 0 bridgehead atoms. The van der Waals surface area contributed by atoms with E-state index in [1.807, 2.05) is 80.6 Å². The van der Waals surface area contributed by atoms with Gasteiger partial charge >= 0.3 is 0 Å².